The summed E-state index contributed by atoms with van der Waals surface area (Å²) < 4.78 is 0. The van der Waals surface area contributed by atoms with Crippen molar-refractivity contribution in [3.05, 3.63) is 35.9 Å². The van der Waals surface area contributed by atoms with Gasteiger partial charge in [0.1, 0.15) is 6.61 Å². The molecule has 1 fully saturated rings. The van der Waals surface area contributed by atoms with E-state index in [4.69, 9.17) is 4.84 Å². The van der Waals surface area contributed by atoms with Gasteiger partial charge in [-0.3, -0.25) is 14.4 Å². The minimum atomic E-state index is -0.922. The molecule has 0 aliphatic heterocycles. The molecule has 1 amide bonds. The van der Waals surface area contributed by atoms with Gasteiger partial charge in [0, 0.05) is 0 Å². The third-order valence-electron chi connectivity index (χ3n) is 4.55. The van der Waals surface area contributed by atoms with E-state index in [2.05, 4.69) is 13.8 Å². The topological polar surface area (TPSA) is 66.8 Å². The molecule has 3 atom stereocenters. The van der Waals surface area contributed by atoms with E-state index in [0.29, 0.717) is 31.1 Å². The van der Waals surface area contributed by atoms with E-state index in [1.807, 2.05) is 30.3 Å². The van der Waals surface area contributed by atoms with Crippen LogP contribution in [0.1, 0.15) is 38.7 Å². The maximum absolute atomic E-state index is 11.9. The highest BCUT2D eigenvalue weighted by Gasteiger charge is 2.45. The number of hydrogen-bond acceptors (Lipinski definition) is 3. The molecule has 23 heavy (non-hydrogen) atoms. The Morgan fingerprint density at radius 1 is 1.30 bits per heavy atom. The second-order valence-electron chi connectivity index (χ2n) is 6.88. The minimum Gasteiger partial charge on any atom is -0.481 e. The molecule has 0 heterocycles. The zero-order chi connectivity index (χ0) is 16.9. The van der Waals surface area contributed by atoms with E-state index < -0.39 is 11.4 Å². The number of carboxylic acid groups (broad SMARTS) is 1. The molecule has 126 valence electrons. The van der Waals surface area contributed by atoms with Crippen LogP contribution in [0.5, 0.6) is 0 Å². The lowest BCUT2D eigenvalue weighted by Crippen LogP contribution is -2.47. The number of carbonyl (C=O) groups excluding carboxylic acids is 1. The lowest BCUT2D eigenvalue weighted by atomic mass is 9.66. The highest BCUT2D eigenvalue weighted by molar-refractivity contribution is 5.75. The van der Waals surface area contributed by atoms with E-state index >= 15 is 0 Å². The Morgan fingerprint density at radius 2 is 1.91 bits per heavy atom. The number of carboxylic acids is 1. The van der Waals surface area contributed by atoms with E-state index in [1.54, 1.807) is 0 Å². The average Bonchev–Trinajstić information content (AvgIpc) is 2.51. The third-order valence-corrected chi connectivity index (χ3v) is 4.55. The molecule has 1 saturated carbocycles. The van der Waals surface area contributed by atoms with Gasteiger partial charge in [0.25, 0.3) is 0 Å². The summed E-state index contributed by atoms with van der Waals surface area (Å²) in [7, 11) is 0. The number of aliphatic carboxylic acids is 1. The Labute approximate surface area is 137 Å². The van der Waals surface area contributed by atoms with Crippen LogP contribution in [0, 0.1) is 17.3 Å². The second-order valence-corrected chi connectivity index (χ2v) is 6.88. The predicted molar refractivity (Wildman–Crippen MR) is 86.2 cm³/mol. The molecule has 1 aromatic carbocycles. The van der Waals surface area contributed by atoms with Gasteiger partial charge in [0.05, 0.1) is 12.0 Å². The Morgan fingerprint density at radius 3 is 2.43 bits per heavy atom. The van der Waals surface area contributed by atoms with Crippen molar-refractivity contribution in [2.45, 2.75) is 39.7 Å². The fourth-order valence-corrected chi connectivity index (χ4v) is 3.79. The number of nitrogens with zero attached hydrogens (tertiary/aromatic N) is 1. The highest BCUT2D eigenvalue weighted by atomic mass is 16.7. The fourth-order valence-electron chi connectivity index (χ4n) is 3.79. The predicted octanol–water partition coefficient (Wildman–Crippen LogP) is 3.10. The maximum atomic E-state index is 11.9. The van der Waals surface area contributed by atoms with E-state index in [-0.39, 0.29) is 13.2 Å². The molecule has 5 heteroatoms. The monoisotopic (exact) mass is 319 g/mol. The Balaban J connectivity index is 2.04. The first-order chi connectivity index (χ1) is 10.9. The normalized spacial score (nSPS) is 27.4. The van der Waals surface area contributed by atoms with Crippen LogP contribution in [0.3, 0.4) is 0 Å². The van der Waals surface area contributed by atoms with Crippen LogP contribution < -0.4 is 0 Å². The first kappa shape index (κ1) is 17.5. The summed E-state index contributed by atoms with van der Waals surface area (Å²) in [5, 5.41) is 10.9. The summed E-state index contributed by atoms with van der Waals surface area (Å²) in [5.74, 6) is -0.180. The van der Waals surface area contributed by atoms with Crippen LogP contribution in [-0.2, 0) is 21.0 Å². The summed E-state index contributed by atoms with van der Waals surface area (Å²) >= 11 is 0. The van der Waals surface area contributed by atoms with Crippen LogP contribution >= 0.6 is 0 Å². The molecular weight excluding hydrogens is 294 g/mol. The molecule has 1 aliphatic rings. The molecule has 1 N–H and O–H groups in total. The molecule has 1 aromatic rings. The fraction of sp³-hybridized carbons (Fsp3) is 0.556. The van der Waals surface area contributed by atoms with Gasteiger partial charge in [-0.05, 0) is 36.7 Å². The largest absolute Gasteiger partial charge is 0.481 e. The second kappa shape index (κ2) is 7.59. The van der Waals surface area contributed by atoms with E-state index in [9.17, 15) is 14.7 Å². The highest BCUT2D eigenvalue weighted by Crippen LogP contribution is 2.43. The lowest BCUT2D eigenvalue weighted by molar-refractivity contribution is -0.196. The van der Waals surface area contributed by atoms with Crippen molar-refractivity contribution in [2.75, 3.05) is 6.54 Å². The van der Waals surface area contributed by atoms with Crippen LogP contribution in [0.2, 0.25) is 0 Å². The molecule has 1 unspecified atom stereocenters. The average molecular weight is 319 g/mol. The first-order valence-electron chi connectivity index (χ1n) is 8.07. The van der Waals surface area contributed by atoms with Crippen molar-refractivity contribution in [3.8, 4) is 0 Å². The summed E-state index contributed by atoms with van der Waals surface area (Å²) in [4.78, 5) is 28.8. The number of hydroxylamine groups is 2. The van der Waals surface area contributed by atoms with Gasteiger partial charge in [-0.2, -0.15) is 0 Å². The third kappa shape index (κ3) is 4.55. The molecule has 5 nitrogen and oxygen atoms in total. The zero-order valence-electron chi connectivity index (χ0n) is 13.8. The Bertz CT molecular complexity index is 521. The summed E-state index contributed by atoms with van der Waals surface area (Å²) in [6.45, 7) is 4.49. The number of benzene rings is 1. The molecule has 0 aromatic heterocycles. The maximum Gasteiger partial charge on any atom is 0.311 e. The standard InChI is InChI=1S/C18H25NO4/c1-14-8-15(2)10-18(9-14,17(21)22)12-19(13-20)23-11-16-6-4-3-5-7-16/h3-7,13-15H,8-12H2,1-2H3,(H,21,22)/t14-,15+,18?. The van der Waals surface area contributed by atoms with Crippen molar-refractivity contribution < 1.29 is 19.5 Å². The number of rotatable bonds is 7. The molecular formula is C18H25NO4. The number of hydrogen-bond donors (Lipinski definition) is 1. The lowest BCUT2D eigenvalue weighted by Gasteiger charge is -2.41. The number of carbonyl (C=O) groups is 2. The van der Waals surface area contributed by atoms with Crippen molar-refractivity contribution in [3.63, 3.8) is 0 Å². The minimum absolute atomic E-state index is 0.0906. The number of amides is 1. The van der Waals surface area contributed by atoms with Crippen LogP contribution in [0.4, 0.5) is 0 Å². The van der Waals surface area contributed by atoms with Crippen LogP contribution in [-0.4, -0.2) is 29.1 Å². The molecule has 0 bridgehead atoms. The summed E-state index contributed by atoms with van der Waals surface area (Å²) in [6.07, 6.45) is 2.76. The Kier molecular flexibility index (Phi) is 5.77. The SMILES string of the molecule is C[C@@H]1C[C@H](C)CC(CN(C=O)OCc2ccccc2)(C(=O)O)C1. The van der Waals surface area contributed by atoms with Crippen molar-refractivity contribution in [1.29, 1.82) is 0 Å². The molecule has 2 rings (SSSR count). The van der Waals surface area contributed by atoms with E-state index in [0.717, 1.165) is 17.0 Å². The summed E-state index contributed by atoms with van der Waals surface area (Å²) in [5.41, 5.74) is 0.0170. The quantitative estimate of drug-likeness (QED) is 0.619. The van der Waals surface area contributed by atoms with Crippen molar-refractivity contribution >= 4 is 12.4 Å². The zero-order valence-corrected chi connectivity index (χ0v) is 13.8. The van der Waals surface area contributed by atoms with Crippen LogP contribution in [0.25, 0.3) is 0 Å². The Hall–Kier alpha value is -1.88. The van der Waals surface area contributed by atoms with Gasteiger partial charge in [-0.25, -0.2) is 5.06 Å². The van der Waals surface area contributed by atoms with Gasteiger partial charge in [0.2, 0.25) is 6.41 Å². The van der Waals surface area contributed by atoms with Crippen molar-refractivity contribution in [1.82, 2.24) is 5.06 Å². The first-order valence-corrected chi connectivity index (χ1v) is 8.07. The molecule has 1 aliphatic carbocycles. The van der Waals surface area contributed by atoms with Gasteiger partial charge < -0.3 is 5.11 Å². The molecule has 0 radical (unpaired) electrons. The van der Waals surface area contributed by atoms with Gasteiger partial charge in [-0.1, -0.05) is 44.2 Å². The van der Waals surface area contributed by atoms with Gasteiger partial charge >= 0.3 is 5.97 Å². The van der Waals surface area contributed by atoms with Gasteiger partial charge in [-0.15, -0.1) is 0 Å². The molecule has 0 spiro atoms. The molecule has 0 saturated heterocycles. The smallest absolute Gasteiger partial charge is 0.311 e. The van der Waals surface area contributed by atoms with Gasteiger partial charge in [0.15, 0.2) is 0 Å². The summed E-state index contributed by atoms with van der Waals surface area (Å²) in [6, 6.07) is 9.51. The van der Waals surface area contributed by atoms with E-state index in [1.165, 1.54) is 0 Å². The van der Waals surface area contributed by atoms with Crippen LogP contribution in [0.15, 0.2) is 30.3 Å². The van der Waals surface area contributed by atoms with Crippen molar-refractivity contribution in [2.24, 2.45) is 17.3 Å².